The van der Waals surface area contributed by atoms with Crippen LogP contribution in [0.5, 0.6) is 0 Å². The molecule has 0 bridgehead atoms. The van der Waals surface area contributed by atoms with Gasteiger partial charge >= 0.3 is 0 Å². The van der Waals surface area contributed by atoms with Crippen molar-refractivity contribution in [3.05, 3.63) is 59.0 Å². The molecule has 1 aliphatic carbocycles. The van der Waals surface area contributed by atoms with E-state index in [2.05, 4.69) is 20.6 Å². The summed E-state index contributed by atoms with van der Waals surface area (Å²) in [6.07, 6.45) is 3.10. The molecule has 12 heteroatoms. The minimum atomic E-state index is -0.758. The van der Waals surface area contributed by atoms with Crippen LogP contribution in [0.4, 0.5) is 10.1 Å². The van der Waals surface area contributed by atoms with Gasteiger partial charge in [0.1, 0.15) is 12.4 Å². The first-order valence-electron chi connectivity index (χ1n) is 14.2. The third-order valence-corrected chi connectivity index (χ3v) is 8.00. The van der Waals surface area contributed by atoms with Gasteiger partial charge in [-0.3, -0.25) is 23.9 Å². The summed E-state index contributed by atoms with van der Waals surface area (Å²) in [6, 6.07) is 9.96. The number of aromatic nitrogens is 2. The molecule has 0 unspecified atom stereocenters. The van der Waals surface area contributed by atoms with Gasteiger partial charge in [-0.2, -0.15) is 5.10 Å². The minimum Gasteiger partial charge on any atom is -0.364 e. The number of amides is 4. The first-order valence-corrected chi connectivity index (χ1v) is 14.2. The lowest BCUT2D eigenvalue weighted by Gasteiger charge is -2.28. The van der Waals surface area contributed by atoms with Gasteiger partial charge in [-0.15, -0.1) is 0 Å². The van der Waals surface area contributed by atoms with Crippen LogP contribution in [0.2, 0.25) is 0 Å². The van der Waals surface area contributed by atoms with Gasteiger partial charge in [0.05, 0.1) is 12.1 Å². The lowest BCUT2D eigenvalue weighted by atomic mass is 9.96. The molecular formula is C30H36FN7O4. The van der Waals surface area contributed by atoms with Crippen LogP contribution in [0.1, 0.15) is 47.3 Å². The Morgan fingerprint density at radius 2 is 1.83 bits per heavy atom. The Balaban J connectivity index is 1.27. The highest BCUT2D eigenvalue weighted by molar-refractivity contribution is 6.06. The fourth-order valence-electron chi connectivity index (χ4n) is 5.35. The van der Waals surface area contributed by atoms with Crippen LogP contribution in [0.15, 0.2) is 36.4 Å². The number of piperidine rings is 1. The van der Waals surface area contributed by atoms with Gasteiger partial charge in [-0.1, -0.05) is 18.2 Å². The lowest BCUT2D eigenvalue weighted by Crippen LogP contribution is -2.43. The van der Waals surface area contributed by atoms with E-state index in [1.165, 1.54) is 9.58 Å². The van der Waals surface area contributed by atoms with Crippen molar-refractivity contribution in [2.45, 2.75) is 51.7 Å². The molecule has 4 amide bonds. The van der Waals surface area contributed by atoms with Crippen molar-refractivity contribution in [3.63, 3.8) is 0 Å². The molecule has 0 atom stereocenters. The Morgan fingerprint density at radius 1 is 1.10 bits per heavy atom. The van der Waals surface area contributed by atoms with Gasteiger partial charge in [-0.05, 0) is 76.5 Å². The van der Waals surface area contributed by atoms with Crippen molar-refractivity contribution in [2.24, 2.45) is 11.7 Å². The highest BCUT2D eigenvalue weighted by Crippen LogP contribution is 2.28. The first-order chi connectivity index (χ1) is 20.1. The van der Waals surface area contributed by atoms with Crippen molar-refractivity contribution in [2.75, 3.05) is 32.0 Å². The minimum absolute atomic E-state index is 0.0101. The molecule has 4 N–H and O–H groups in total. The normalized spacial score (nSPS) is 15.9. The second kappa shape index (κ2) is 12.3. The molecule has 1 saturated carbocycles. The van der Waals surface area contributed by atoms with Crippen molar-refractivity contribution in [1.82, 2.24) is 24.9 Å². The third-order valence-electron chi connectivity index (χ3n) is 8.00. The van der Waals surface area contributed by atoms with Crippen molar-refractivity contribution in [1.29, 1.82) is 0 Å². The van der Waals surface area contributed by atoms with E-state index in [4.69, 9.17) is 5.73 Å². The Kier molecular flexibility index (Phi) is 8.53. The SMILES string of the molecule is Cc1cccc(CNC(=O)CN(C(=O)Cn2nc(C(N)=O)c3cc(NC(=O)C4CCN(C)CC4)ccc32)C2CC2)c1F. The molecule has 0 radical (unpaired) electrons. The van der Waals surface area contributed by atoms with Crippen LogP contribution < -0.4 is 16.4 Å². The maximum absolute atomic E-state index is 14.3. The van der Waals surface area contributed by atoms with Gasteiger partial charge in [0.2, 0.25) is 17.7 Å². The van der Waals surface area contributed by atoms with Gasteiger partial charge < -0.3 is 26.2 Å². The van der Waals surface area contributed by atoms with Gasteiger partial charge in [0.15, 0.2) is 5.69 Å². The zero-order valence-corrected chi connectivity index (χ0v) is 23.9. The van der Waals surface area contributed by atoms with E-state index in [1.54, 1.807) is 43.3 Å². The fourth-order valence-corrected chi connectivity index (χ4v) is 5.35. The summed E-state index contributed by atoms with van der Waals surface area (Å²) in [5, 5.41) is 10.4. The maximum atomic E-state index is 14.3. The quantitative estimate of drug-likeness (QED) is 0.337. The molecule has 11 nitrogen and oxygen atoms in total. The van der Waals surface area contributed by atoms with Crippen LogP contribution in [-0.4, -0.2) is 75.9 Å². The number of likely N-dealkylation sites (tertiary alicyclic amines) is 1. The van der Waals surface area contributed by atoms with Crippen LogP contribution in [-0.2, 0) is 27.5 Å². The molecule has 1 aromatic heterocycles. The molecule has 3 aromatic rings. The second-order valence-electron chi connectivity index (χ2n) is 11.2. The number of anilines is 1. The summed E-state index contributed by atoms with van der Waals surface area (Å²) in [6.45, 7) is 3.00. The van der Waals surface area contributed by atoms with Crippen LogP contribution in [0.25, 0.3) is 10.9 Å². The zero-order valence-electron chi connectivity index (χ0n) is 23.9. The number of hydrogen-bond donors (Lipinski definition) is 3. The largest absolute Gasteiger partial charge is 0.364 e. The number of nitrogens with zero attached hydrogens (tertiary/aromatic N) is 4. The predicted octanol–water partition coefficient (Wildman–Crippen LogP) is 2.17. The van der Waals surface area contributed by atoms with Crippen LogP contribution in [0.3, 0.4) is 0 Å². The molecule has 2 aromatic carbocycles. The van der Waals surface area contributed by atoms with Gasteiger partial charge in [0.25, 0.3) is 5.91 Å². The van der Waals surface area contributed by atoms with Gasteiger partial charge in [0, 0.05) is 35.1 Å². The van der Waals surface area contributed by atoms with E-state index in [1.807, 2.05) is 7.05 Å². The Hall–Kier alpha value is -4.32. The number of fused-ring (bicyclic) bond motifs is 1. The van der Waals surface area contributed by atoms with E-state index < -0.39 is 11.8 Å². The summed E-state index contributed by atoms with van der Waals surface area (Å²) in [4.78, 5) is 54.9. The number of halogens is 1. The standard InChI is InChI=1S/C30H36FN7O4/c1-18-4-3-5-20(27(18)31)15-33-25(39)16-37(22-7-8-22)26(40)17-38-24-9-6-21(14-23(24)28(35-38)29(32)41)34-30(42)19-10-12-36(2)13-11-19/h3-6,9,14,19,22H,7-8,10-13,15-17H2,1-2H3,(H2,32,41)(H,33,39)(H,34,42). The highest BCUT2D eigenvalue weighted by atomic mass is 19.1. The molecule has 222 valence electrons. The van der Waals surface area contributed by atoms with Crippen LogP contribution in [0, 0.1) is 18.7 Å². The number of aryl methyl sites for hydroxylation is 1. The maximum Gasteiger partial charge on any atom is 0.269 e. The summed E-state index contributed by atoms with van der Waals surface area (Å²) in [7, 11) is 2.03. The van der Waals surface area contributed by atoms with Crippen molar-refractivity contribution >= 4 is 40.2 Å². The number of benzene rings is 2. The monoisotopic (exact) mass is 577 g/mol. The number of rotatable bonds is 10. The van der Waals surface area contributed by atoms with Gasteiger partial charge in [-0.25, -0.2) is 4.39 Å². The first kappa shape index (κ1) is 29.2. The molecule has 1 saturated heterocycles. The van der Waals surface area contributed by atoms with E-state index in [0.717, 1.165) is 38.8 Å². The molecule has 42 heavy (non-hydrogen) atoms. The van der Waals surface area contributed by atoms with Crippen LogP contribution >= 0.6 is 0 Å². The molecule has 0 spiro atoms. The topological polar surface area (TPSA) is 143 Å². The molecule has 2 fully saturated rings. The zero-order chi connectivity index (χ0) is 30.0. The van der Waals surface area contributed by atoms with E-state index in [-0.39, 0.29) is 54.9 Å². The number of nitrogens with one attached hydrogen (secondary N) is 2. The number of carbonyl (C=O) groups excluding carboxylic acids is 4. The molecular weight excluding hydrogens is 541 g/mol. The number of carbonyl (C=O) groups is 4. The number of hydrogen-bond acceptors (Lipinski definition) is 6. The second-order valence-corrected chi connectivity index (χ2v) is 11.2. The average molecular weight is 578 g/mol. The lowest BCUT2D eigenvalue weighted by molar-refractivity contribution is -0.137. The Bertz CT molecular complexity index is 1530. The fraction of sp³-hybridized carbons (Fsp3) is 0.433. The molecule has 2 heterocycles. The number of nitrogens with two attached hydrogens (primary N) is 1. The Labute approximate surface area is 243 Å². The van der Waals surface area contributed by atoms with E-state index in [9.17, 15) is 23.6 Å². The summed E-state index contributed by atoms with van der Waals surface area (Å²) < 4.78 is 15.7. The summed E-state index contributed by atoms with van der Waals surface area (Å²) in [5.74, 6) is -2.03. The van der Waals surface area contributed by atoms with E-state index in [0.29, 0.717) is 27.7 Å². The number of primary amides is 1. The van der Waals surface area contributed by atoms with E-state index >= 15 is 0 Å². The molecule has 1 aliphatic heterocycles. The smallest absolute Gasteiger partial charge is 0.269 e. The summed E-state index contributed by atoms with van der Waals surface area (Å²) in [5.41, 5.74) is 7.48. The average Bonchev–Trinajstić information content (AvgIpc) is 3.74. The summed E-state index contributed by atoms with van der Waals surface area (Å²) >= 11 is 0. The molecule has 5 rings (SSSR count). The third kappa shape index (κ3) is 6.59. The molecule has 2 aliphatic rings. The predicted molar refractivity (Wildman–Crippen MR) is 155 cm³/mol. The Morgan fingerprint density at radius 3 is 2.52 bits per heavy atom. The van der Waals surface area contributed by atoms with Crippen molar-refractivity contribution in [3.8, 4) is 0 Å². The van der Waals surface area contributed by atoms with Crippen molar-refractivity contribution < 1.29 is 23.6 Å². The highest BCUT2D eigenvalue weighted by Gasteiger charge is 2.34.